The molecule has 1 aromatic heterocycles. The fraction of sp³-hybridized carbons (Fsp3) is 0.304. The van der Waals surface area contributed by atoms with E-state index < -0.39 is 46.7 Å². The van der Waals surface area contributed by atoms with E-state index in [9.17, 15) is 23.2 Å². The molecule has 10 heteroatoms. The Morgan fingerprint density at radius 1 is 1.09 bits per heavy atom. The Morgan fingerprint density at radius 2 is 1.73 bits per heavy atom. The summed E-state index contributed by atoms with van der Waals surface area (Å²) in [6.45, 7) is 5.15. The van der Waals surface area contributed by atoms with Crippen molar-refractivity contribution < 1.29 is 23.2 Å². The van der Waals surface area contributed by atoms with Gasteiger partial charge in [0.25, 0.3) is 5.91 Å². The molecule has 1 heterocycles. The van der Waals surface area contributed by atoms with Crippen molar-refractivity contribution in [2.24, 2.45) is 16.9 Å². The summed E-state index contributed by atoms with van der Waals surface area (Å²) in [5, 5.41) is 7.09. The summed E-state index contributed by atoms with van der Waals surface area (Å²) in [6, 6.07) is 7.06. The molecule has 0 saturated heterocycles. The molecule has 2 aromatic carbocycles. The molecule has 0 aliphatic rings. The first-order chi connectivity index (χ1) is 15.4. The van der Waals surface area contributed by atoms with Gasteiger partial charge < -0.3 is 16.8 Å². The minimum absolute atomic E-state index is 0.0825. The predicted molar refractivity (Wildman–Crippen MR) is 118 cm³/mol. The van der Waals surface area contributed by atoms with Gasteiger partial charge in [0.2, 0.25) is 5.91 Å². The van der Waals surface area contributed by atoms with Gasteiger partial charge in [-0.3, -0.25) is 19.1 Å². The van der Waals surface area contributed by atoms with Crippen LogP contribution in [0.5, 0.6) is 0 Å². The van der Waals surface area contributed by atoms with E-state index in [1.807, 2.05) is 0 Å². The van der Waals surface area contributed by atoms with Gasteiger partial charge in [-0.2, -0.15) is 5.10 Å². The SMILES string of the molecule is CC(C)(C)[C@H](NC(=O)c1nn(Cc2ccc(F)cc2)c2c(F)cccc12)C(=O)C(N)C(N)=O. The van der Waals surface area contributed by atoms with Crippen LogP contribution in [0.25, 0.3) is 10.9 Å². The second-order valence-electron chi connectivity index (χ2n) is 8.82. The van der Waals surface area contributed by atoms with Crippen molar-refractivity contribution in [2.45, 2.75) is 39.4 Å². The smallest absolute Gasteiger partial charge is 0.273 e. The number of primary amides is 1. The number of rotatable bonds is 7. The number of nitrogens with zero attached hydrogens (tertiary/aromatic N) is 2. The fourth-order valence-corrected chi connectivity index (χ4v) is 3.47. The van der Waals surface area contributed by atoms with E-state index in [1.165, 1.54) is 47.1 Å². The van der Waals surface area contributed by atoms with Crippen LogP contribution in [-0.4, -0.2) is 39.5 Å². The zero-order valence-corrected chi connectivity index (χ0v) is 18.4. The van der Waals surface area contributed by atoms with E-state index in [1.54, 1.807) is 20.8 Å². The minimum Gasteiger partial charge on any atom is -0.368 e. The fourth-order valence-electron chi connectivity index (χ4n) is 3.47. The van der Waals surface area contributed by atoms with Crippen molar-refractivity contribution in [1.82, 2.24) is 15.1 Å². The number of carbonyl (C=O) groups excluding carboxylic acids is 3. The van der Waals surface area contributed by atoms with Crippen LogP contribution in [0.15, 0.2) is 42.5 Å². The molecule has 5 N–H and O–H groups in total. The molecule has 0 aliphatic carbocycles. The molecular formula is C23H25F2N5O3. The molecule has 0 bridgehead atoms. The first-order valence-corrected chi connectivity index (χ1v) is 10.2. The number of nitrogens with two attached hydrogens (primary N) is 2. The van der Waals surface area contributed by atoms with Gasteiger partial charge >= 0.3 is 0 Å². The van der Waals surface area contributed by atoms with Crippen molar-refractivity contribution in [2.75, 3.05) is 0 Å². The third-order valence-corrected chi connectivity index (χ3v) is 5.22. The Labute approximate surface area is 188 Å². The topological polar surface area (TPSA) is 133 Å². The number of aromatic nitrogens is 2. The highest BCUT2D eigenvalue weighted by molar-refractivity contribution is 6.10. The maximum Gasteiger partial charge on any atom is 0.273 e. The lowest BCUT2D eigenvalue weighted by molar-refractivity contribution is -0.131. The van der Waals surface area contributed by atoms with E-state index in [0.717, 1.165) is 0 Å². The molecule has 0 fully saturated rings. The average Bonchev–Trinajstić information content (AvgIpc) is 3.11. The van der Waals surface area contributed by atoms with Gasteiger partial charge in [0, 0.05) is 5.39 Å². The number of hydrogen-bond donors (Lipinski definition) is 3. The van der Waals surface area contributed by atoms with Gasteiger partial charge in [-0.1, -0.05) is 45.0 Å². The maximum absolute atomic E-state index is 14.7. The highest BCUT2D eigenvalue weighted by atomic mass is 19.1. The van der Waals surface area contributed by atoms with Gasteiger partial charge in [-0.05, 0) is 29.2 Å². The first kappa shape index (κ1) is 24.0. The zero-order chi connectivity index (χ0) is 24.5. The lowest BCUT2D eigenvalue weighted by Crippen LogP contribution is -2.57. The second kappa shape index (κ2) is 9.07. The molecule has 174 valence electrons. The third kappa shape index (κ3) is 5.06. The number of fused-ring (bicyclic) bond motifs is 1. The van der Waals surface area contributed by atoms with Crippen molar-refractivity contribution in [3.8, 4) is 0 Å². The molecule has 0 spiro atoms. The molecule has 1 unspecified atom stereocenters. The normalized spacial score (nSPS) is 13.5. The van der Waals surface area contributed by atoms with Crippen molar-refractivity contribution in [1.29, 1.82) is 0 Å². The predicted octanol–water partition coefficient (Wildman–Crippen LogP) is 1.89. The van der Waals surface area contributed by atoms with Crippen molar-refractivity contribution >= 4 is 28.5 Å². The summed E-state index contributed by atoms with van der Waals surface area (Å²) >= 11 is 0. The minimum atomic E-state index is -1.60. The molecule has 0 aliphatic heterocycles. The van der Waals surface area contributed by atoms with Crippen molar-refractivity contribution in [3.05, 3.63) is 65.4 Å². The number of carbonyl (C=O) groups is 3. The monoisotopic (exact) mass is 457 g/mol. The van der Waals surface area contributed by atoms with Crippen LogP contribution in [0.3, 0.4) is 0 Å². The largest absolute Gasteiger partial charge is 0.368 e. The Balaban J connectivity index is 2.01. The van der Waals surface area contributed by atoms with Crippen LogP contribution in [0.2, 0.25) is 0 Å². The summed E-state index contributed by atoms with van der Waals surface area (Å²) in [7, 11) is 0. The van der Waals surface area contributed by atoms with Crippen LogP contribution >= 0.6 is 0 Å². The number of ketones is 1. The lowest BCUT2D eigenvalue weighted by atomic mass is 9.82. The molecule has 2 amide bonds. The number of nitrogens with one attached hydrogen (secondary N) is 1. The molecule has 3 rings (SSSR count). The number of para-hydroxylation sites is 1. The second-order valence-corrected chi connectivity index (χ2v) is 8.82. The average molecular weight is 457 g/mol. The van der Waals surface area contributed by atoms with E-state index in [0.29, 0.717) is 5.56 Å². The van der Waals surface area contributed by atoms with Crippen LogP contribution in [0.1, 0.15) is 36.8 Å². The van der Waals surface area contributed by atoms with Gasteiger partial charge in [0.05, 0.1) is 12.6 Å². The molecule has 33 heavy (non-hydrogen) atoms. The maximum atomic E-state index is 14.7. The van der Waals surface area contributed by atoms with Crippen molar-refractivity contribution in [3.63, 3.8) is 0 Å². The number of hydrogen-bond acceptors (Lipinski definition) is 5. The Morgan fingerprint density at radius 3 is 2.30 bits per heavy atom. The summed E-state index contributed by atoms with van der Waals surface area (Å²) in [5.41, 5.74) is 10.6. The lowest BCUT2D eigenvalue weighted by Gasteiger charge is -2.31. The van der Waals surface area contributed by atoms with Gasteiger partial charge in [0.1, 0.15) is 23.2 Å². The van der Waals surface area contributed by atoms with E-state index in [4.69, 9.17) is 11.5 Å². The third-order valence-electron chi connectivity index (χ3n) is 5.22. The number of benzene rings is 2. The molecule has 0 radical (unpaired) electrons. The molecule has 3 aromatic rings. The van der Waals surface area contributed by atoms with E-state index in [-0.39, 0.29) is 23.1 Å². The highest BCUT2D eigenvalue weighted by Gasteiger charge is 2.38. The standard InChI is InChI=1S/C23H25F2N5O3/c1-23(2,3)20(19(31)16(26)21(27)32)28-22(33)17-14-5-4-6-15(25)18(14)30(29-17)11-12-7-9-13(24)10-8-12/h4-10,16,20H,11,26H2,1-3H3,(H2,27,32)(H,28,33)/t16?,20-/m1/s1. The summed E-state index contributed by atoms with van der Waals surface area (Å²) in [6.07, 6.45) is 0. The highest BCUT2D eigenvalue weighted by Crippen LogP contribution is 2.25. The number of Topliss-reactive ketones (excluding diaryl/α,β-unsaturated/α-hetero) is 1. The number of amides is 2. The first-order valence-electron chi connectivity index (χ1n) is 10.2. The van der Waals surface area contributed by atoms with Gasteiger partial charge in [-0.15, -0.1) is 0 Å². The summed E-state index contributed by atoms with van der Waals surface area (Å²) < 4.78 is 29.2. The van der Waals surface area contributed by atoms with Gasteiger partial charge in [-0.25, -0.2) is 8.78 Å². The van der Waals surface area contributed by atoms with Crippen LogP contribution in [-0.2, 0) is 16.1 Å². The Bertz CT molecular complexity index is 1220. The van der Waals surface area contributed by atoms with Crippen LogP contribution in [0.4, 0.5) is 8.78 Å². The molecular weight excluding hydrogens is 432 g/mol. The molecule has 0 saturated carbocycles. The Hall–Kier alpha value is -3.66. The summed E-state index contributed by atoms with van der Waals surface area (Å²) in [5.74, 6) is -3.51. The quantitative estimate of drug-likeness (QED) is 0.466. The number of halogens is 2. The van der Waals surface area contributed by atoms with Crippen LogP contribution < -0.4 is 16.8 Å². The zero-order valence-electron chi connectivity index (χ0n) is 18.4. The van der Waals surface area contributed by atoms with E-state index in [2.05, 4.69) is 10.4 Å². The van der Waals surface area contributed by atoms with Gasteiger partial charge in [0.15, 0.2) is 11.5 Å². The molecule has 2 atom stereocenters. The Kier molecular flexibility index (Phi) is 6.59. The van der Waals surface area contributed by atoms with E-state index >= 15 is 0 Å². The summed E-state index contributed by atoms with van der Waals surface area (Å²) in [4.78, 5) is 37.3. The van der Waals surface area contributed by atoms with Crippen LogP contribution in [0, 0.1) is 17.0 Å². The molecule has 8 nitrogen and oxygen atoms in total.